The monoisotopic (exact) mass is 406 g/mol. The Hall–Kier alpha value is -1.57. The summed E-state index contributed by atoms with van der Waals surface area (Å²) in [4.78, 5) is 7.38. The smallest absolute Gasteiger partial charge is 0.191 e. The van der Waals surface area contributed by atoms with Crippen molar-refractivity contribution in [1.29, 1.82) is 0 Å². The highest BCUT2D eigenvalue weighted by Gasteiger charge is 2.36. The van der Waals surface area contributed by atoms with Gasteiger partial charge in [0.25, 0.3) is 0 Å². The molecule has 0 spiro atoms. The molecule has 1 aromatic rings. The van der Waals surface area contributed by atoms with Crippen LogP contribution in [0.5, 0.6) is 0 Å². The number of aliphatic imine (C=N–C) groups is 1. The second kappa shape index (κ2) is 11.0. The predicted octanol–water partition coefficient (Wildman–Crippen LogP) is 2.72. The molecule has 1 aliphatic heterocycles. The molecule has 1 aliphatic carbocycles. The van der Waals surface area contributed by atoms with Crippen LogP contribution in [0.25, 0.3) is 0 Å². The maximum Gasteiger partial charge on any atom is 0.191 e. The number of hydrogen-bond donors (Lipinski definition) is 2. The lowest BCUT2D eigenvalue weighted by Gasteiger charge is -2.41. The Morgan fingerprint density at radius 3 is 2.66 bits per heavy atom. The number of ether oxygens (including phenoxy) is 2. The molecule has 0 amide bonds. The van der Waals surface area contributed by atoms with Crippen LogP contribution in [-0.2, 0) is 9.47 Å². The quantitative estimate of drug-likeness (QED) is 0.460. The van der Waals surface area contributed by atoms with E-state index in [9.17, 15) is 0 Å². The van der Waals surface area contributed by atoms with Crippen molar-refractivity contribution in [3.8, 4) is 0 Å². The first-order valence-corrected chi connectivity index (χ1v) is 11.0. The second-order valence-electron chi connectivity index (χ2n) is 8.28. The summed E-state index contributed by atoms with van der Waals surface area (Å²) >= 11 is 0. The minimum absolute atomic E-state index is 0.169. The van der Waals surface area contributed by atoms with E-state index >= 15 is 0 Å². The molecule has 1 saturated carbocycles. The molecule has 29 heavy (non-hydrogen) atoms. The van der Waals surface area contributed by atoms with Crippen LogP contribution in [0.3, 0.4) is 0 Å². The van der Waals surface area contributed by atoms with Crippen molar-refractivity contribution in [2.45, 2.75) is 45.6 Å². The summed E-state index contributed by atoms with van der Waals surface area (Å²) in [6.45, 7) is 10.7. The van der Waals surface area contributed by atoms with Gasteiger partial charge in [-0.15, -0.1) is 0 Å². The SMILES string of the molecule is CCNC(=NCC1(CCOC)CCC1)NCC(c1ccc(C)o1)N1CCOCC1. The summed E-state index contributed by atoms with van der Waals surface area (Å²) < 4.78 is 16.8. The van der Waals surface area contributed by atoms with Crippen LogP contribution < -0.4 is 10.6 Å². The van der Waals surface area contributed by atoms with Crippen molar-refractivity contribution in [1.82, 2.24) is 15.5 Å². The molecule has 1 saturated heterocycles. The number of aryl methyl sites for hydroxylation is 1. The van der Waals surface area contributed by atoms with Crippen LogP contribution in [0.2, 0.25) is 0 Å². The Morgan fingerprint density at radius 2 is 2.07 bits per heavy atom. The van der Waals surface area contributed by atoms with E-state index in [1.807, 2.05) is 13.0 Å². The van der Waals surface area contributed by atoms with Gasteiger partial charge in [0.1, 0.15) is 11.5 Å². The molecule has 3 rings (SSSR count). The van der Waals surface area contributed by atoms with Crippen molar-refractivity contribution in [3.05, 3.63) is 23.7 Å². The van der Waals surface area contributed by atoms with Gasteiger partial charge in [0.05, 0.1) is 19.3 Å². The van der Waals surface area contributed by atoms with Crippen LogP contribution in [0, 0.1) is 12.3 Å². The van der Waals surface area contributed by atoms with Gasteiger partial charge in [-0.05, 0) is 50.7 Å². The van der Waals surface area contributed by atoms with Gasteiger partial charge in [-0.25, -0.2) is 0 Å². The number of hydrogen-bond acceptors (Lipinski definition) is 5. The van der Waals surface area contributed by atoms with E-state index in [0.717, 1.165) is 76.4 Å². The third-order valence-electron chi connectivity index (χ3n) is 6.21. The van der Waals surface area contributed by atoms with E-state index in [-0.39, 0.29) is 6.04 Å². The highest BCUT2D eigenvalue weighted by atomic mass is 16.5. The standard InChI is InChI=1S/C22H38N4O3/c1-4-23-21(25-17-22(8-5-9-22)10-13-27-3)24-16-19(20-7-6-18(2)29-20)26-11-14-28-15-12-26/h6-7,19H,4-5,8-17H2,1-3H3,(H2,23,24,25). The van der Waals surface area contributed by atoms with Crippen molar-refractivity contribution in [2.75, 3.05) is 59.7 Å². The fraction of sp³-hybridized carbons (Fsp3) is 0.773. The zero-order valence-electron chi connectivity index (χ0n) is 18.3. The zero-order valence-corrected chi connectivity index (χ0v) is 18.3. The minimum Gasteiger partial charge on any atom is -0.465 e. The van der Waals surface area contributed by atoms with Crippen LogP contribution in [0.4, 0.5) is 0 Å². The number of methoxy groups -OCH3 is 1. The van der Waals surface area contributed by atoms with Crippen molar-refractivity contribution >= 4 is 5.96 Å². The number of guanidine groups is 1. The summed E-state index contributed by atoms with van der Waals surface area (Å²) in [5, 5.41) is 6.98. The van der Waals surface area contributed by atoms with Gasteiger partial charge < -0.3 is 24.5 Å². The van der Waals surface area contributed by atoms with Crippen molar-refractivity contribution < 1.29 is 13.9 Å². The van der Waals surface area contributed by atoms with Gasteiger partial charge in [0.15, 0.2) is 5.96 Å². The van der Waals surface area contributed by atoms with Gasteiger partial charge in [-0.3, -0.25) is 9.89 Å². The Balaban J connectivity index is 1.64. The molecule has 0 aromatic carbocycles. The molecule has 2 heterocycles. The molecular formula is C22H38N4O3. The van der Waals surface area contributed by atoms with Crippen LogP contribution in [-0.4, -0.2) is 70.5 Å². The summed E-state index contributed by atoms with van der Waals surface area (Å²) in [5.74, 6) is 2.84. The van der Waals surface area contributed by atoms with Gasteiger partial charge in [0, 0.05) is 46.4 Å². The van der Waals surface area contributed by atoms with Gasteiger partial charge in [0.2, 0.25) is 0 Å². The van der Waals surface area contributed by atoms with Crippen molar-refractivity contribution in [2.24, 2.45) is 10.4 Å². The van der Waals surface area contributed by atoms with E-state index in [4.69, 9.17) is 18.9 Å². The maximum atomic E-state index is 5.98. The highest BCUT2D eigenvalue weighted by Crippen LogP contribution is 2.44. The van der Waals surface area contributed by atoms with E-state index in [1.165, 1.54) is 19.3 Å². The Kier molecular flexibility index (Phi) is 8.39. The molecular weight excluding hydrogens is 368 g/mol. The first-order valence-electron chi connectivity index (χ1n) is 11.0. The number of morpholine rings is 1. The minimum atomic E-state index is 0.169. The second-order valence-corrected chi connectivity index (χ2v) is 8.28. The van der Waals surface area contributed by atoms with E-state index < -0.39 is 0 Å². The normalized spacial score (nSPS) is 20.9. The molecule has 0 radical (unpaired) electrons. The lowest BCUT2D eigenvalue weighted by atomic mass is 9.67. The third kappa shape index (κ3) is 6.20. The summed E-state index contributed by atoms with van der Waals surface area (Å²) in [6, 6.07) is 4.30. The largest absolute Gasteiger partial charge is 0.465 e. The molecule has 2 N–H and O–H groups in total. The first kappa shape index (κ1) is 22.1. The van der Waals surface area contributed by atoms with Gasteiger partial charge >= 0.3 is 0 Å². The molecule has 2 aliphatic rings. The van der Waals surface area contributed by atoms with E-state index in [0.29, 0.717) is 5.41 Å². The van der Waals surface area contributed by atoms with Crippen LogP contribution >= 0.6 is 0 Å². The number of furan rings is 1. The Morgan fingerprint density at radius 1 is 1.28 bits per heavy atom. The first-order chi connectivity index (χ1) is 14.2. The maximum absolute atomic E-state index is 5.98. The van der Waals surface area contributed by atoms with Crippen molar-refractivity contribution in [3.63, 3.8) is 0 Å². The predicted molar refractivity (Wildman–Crippen MR) is 115 cm³/mol. The lowest BCUT2D eigenvalue weighted by molar-refractivity contribution is 0.0124. The van der Waals surface area contributed by atoms with Crippen LogP contribution in [0.15, 0.2) is 21.5 Å². The summed E-state index contributed by atoms with van der Waals surface area (Å²) in [6.07, 6.45) is 4.90. The van der Waals surface area contributed by atoms with E-state index in [2.05, 4.69) is 28.5 Å². The molecule has 7 heteroatoms. The molecule has 7 nitrogen and oxygen atoms in total. The Bertz CT molecular complexity index is 636. The fourth-order valence-electron chi connectivity index (χ4n) is 4.20. The average Bonchev–Trinajstić information content (AvgIpc) is 3.13. The van der Waals surface area contributed by atoms with Crippen LogP contribution in [0.1, 0.15) is 50.2 Å². The molecule has 2 fully saturated rings. The fourth-order valence-corrected chi connectivity index (χ4v) is 4.20. The molecule has 1 unspecified atom stereocenters. The summed E-state index contributed by atoms with van der Waals surface area (Å²) in [5.41, 5.74) is 0.320. The topological polar surface area (TPSA) is 71.3 Å². The number of rotatable bonds is 10. The highest BCUT2D eigenvalue weighted by molar-refractivity contribution is 5.79. The summed E-state index contributed by atoms with van der Waals surface area (Å²) in [7, 11) is 1.78. The third-order valence-corrected chi connectivity index (χ3v) is 6.21. The molecule has 164 valence electrons. The van der Waals surface area contributed by atoms with E-state index in [1.54, 1.807) is 7.11 Å². The van der Waals surface area contributed by atoms with Gasteiger partial charge in [-0.1, -0.05) is 6.42 Å². The molecule has 1 atom stereocenters. The lowest BCUT2D eigenvalue weighted by Crippen LogP contribution is -2.46. The molecule has 0 bridgehead atoms. The van der Waals surface area contributed by atoms with Gasteiger partial charge in [-0.2, -0.15) is 0 Å². The average molecular weight is 407 g/mol. The Labute approximate surface area is 175 Å². The number of nitrogens with one attached hydrogen (secondary N) is 2. The number of nitrogens with zero attached hydrogens (tertiary/aromatic N) is 2. The zero-order chi connectivity index (χ0) is 20.5. The molecule has 1 aromatic heterocycles.